The fourth-order valence-electron chi connectivity index (χ4n) is 3.19. The third kappa shape index (κ3) is 3.19. The van der Waals surface area contributed by atoms with Crippen LogP contribution in [0.2, 0.25) is 0 Å². The summed E-state index contributed by atoms with van der Waals surface area (Å²) in [5.74, 6) is -1.27. The van der Waals surface area contributed by atoms with E-state index in [-0.39, 0.29) is 11.5 Å². The highest BCUT2D eigenvalue weighted by molar-refractivity contribution is 6.37. The Balaban J connectivity index is 1.90. The van der Waals surface area contributed by atoms with Gasteiger partial charge < -0.3 is 21.5 Å². The molecule has 138 valence electrons. The number of carbonyl (C=O) groups is 2. The van der Waals surface area contributed by atoms with E-state index in [1.54, 1.807) is 30.3 Å². The molecule has 3 aromatic rings. The molecule has 0 saturated carbocycles. The van der Waals surface area contributed by atoms with Crippen LogP contribution in [0, 0.1) is 0 Å². The molecular weight excluding hydrogens is 354 g/mol. The van der Waals surface area contributed by atoms with Gasteiger partial charge in [-0.25, -0.2) is 4.79 Å². The second-order valence-electron chi connectivity index (χ2n) is 6.39. The van der Waals surface area contributed by atoms with Crippen molar-refractivity contribution >= 4 is 40.2 Å². The first-order valence-corrected chi connectivity index (χ1v) is 8.64. The van der Waals surface area contributed by atoms with E-state index in [1.807, 2.05) is 30.3 Å². The molecule has 1 aliphatic rings. The first-order chi connectivity index (χ1) is 13.5. The van der Waals surface area contributed by atoms with Crippen LogP contribution in [0.1, 0.15) is 21.5 Å². The highest BCUT2D eigenvalue weighted by atomic mass is 16.4. The quantitative estimate of drug-likeness (QED) is 0.411. The summed E-state index contributed by atoms with van der Waals surface area (Å²) in [4.78, 5) is 24.1. The zero-order valence-corrected chi connectivity index (χ0v) is 14.8. The number of carbonyl (C=O) groups excluding carboxylic acids is 1. The van der Waals surface area contributed by atoms with Gasteiger partial charge in [-0.05, 0) is 42.0 Å². The number of rotatable bonds is 4. The van der Waals surface area contributed by atoms with E-state index >= 15 is 0 Å². The average Bonchev–Trinajstić information content (AvgIpc) is 3.02. The van der Waals surface area contributed by atoms with Crippen molar-refractivity contribution in [3.05, 3.63) is 89.5 Å². The molecule has 6 nitrogen and oxygen atoms in total. The number of nitrogens with two attached hydrogens (primary N) is 1. The molecule has 0 atom stereocenters. The van der Waals surface area contributed by atoms with Crippen molar-refractivity contribution in [2.75, 3.05) is 16.4 Å². The minimum absolute atomic E-state index is 0.155. The van der Waals surface area contributed by atoms with Crippen molar-refractivity contribution in [3.8, 4) is 0 Å². The first-order valence-electron chi connectivity index (χ1n) is 8.64. The number of nitrogens with one attached hydrogen (secondary N) is 2. The Morgan fingerprint density at radius 1 is 0.929 bits per heavy atom. The lowest BCUT2D eigenvalue weighted by Crippen LogP contribution is -2.10. The molecule has 4 rings (SSSR count). The van der Waals surface area contributed by atoms with Crippen LogP contribution in [0.5, 0.6) is 0 Å². The van der Waals surface area contributed by atoms with E-state index < -0.39 is 5.97 Å². The Labute approximate surface area is 161 Å². The fraction of sp³-hybridized carbons (Fsp3) is 0. The van der Waals surface area contributed by atoms with Gasteiger partial charge in [-0.2, -0.15) is 0 Å². The maximum atomic E-state index is 12.8. The molecule has 0 bridgehead atoms. The Kier molecular flexibility index (Phi) is 4.29. The van der Waals surface area contributed by atoms with Gasteiger partial charge in [-0.1, -0.05) is 36.4 Å². The summed E-state index contributed by atoms with van der Waals surface area (Å²) in [7, 11) is 0. The summed E-state index contributed by atoms with van der Waals surface area (Å²) in [6.45, 7) is 0. The molecule has 1 heterocycles. The number of nitrogen functional groups attached to an aromatic ring is 1. The highest BCUT2D eigenvalue weighted by Crippen LogP contribution is 2.38. The molecule has 0 saturated heterocycles. The minimum atomic E-state index is -1.02. The largest absolute Gasteiger partial charge is 0.478 e. The summed E-state index contributed by atoms with van der Waals surface area (Å²) in [6.07, 6.45) is 0. The van der Waals surface area contributed by atoms with E-state index in [0.717, 1.165) is 5.56 Å². The van der Waals surface area contributed by atoms with Crippen LogP contribution in [0.15, 0.2) is 72.8 Å². The molecule has 6 heteroatoms. The predicted octanol–water partition coefficient (Wildman–Crippen LogP) is 3.90. The molecule has 5 N–H and O–H groups in total. The van der Waals surface area contributed by atoms with E-state index in [0.29, 0.717) is 33.9 Å². The van der Waals surface area contributed by atoms with Crippen molar-refractivity contribution < 1.29 is 14.7 Å². The Bertz CT molecular complexity index is 1120. The molecule has 0 unspecified atom stereocenters. The number of carboxylic acids is 1. The zero-order valence-electron chi connectivity index (χ0n) is 14.8. The standard InChI is InChI=1S/C22H17N3O3/c23-15-9-10-18-17(12-15)19(21(26)25-18)20(13-5-2-1-3-6-13)24-16-8-4-7-14(11-16)22(27)28/h1-12,24H,23H2,(H,25,26)(H,27,28)/b20-19-. The number of carboxylic acid groups (broad SMARTS) is 1. The molecular formula is C22H17N3O3. The molecule has 0 radical (unpaired) electrons. The monoisotopic (exact) mass is 371 g/mol. The number of anilines is 3. The molecule has 3 aromatic carbocycles. The maximum Gasteiger partial charge on any atom is 0.335 e. The number of aromatic carboxylic acids is 1. The number of hydrogen-bond acceptors (Lipinski definition) is 4. The second-order valence-corrected chi connectivity index (χ2v) is 6.39. The molecule has 1 aliphatic heterocycles. The second kappa shape index (κ2) is 6.92. The molecule has 0 aliphatic carbocycles. The van der Waals surface area contributed by atoms with Gasteiger partial charge in [-0.3, -0.25) is 4.79 Å². The van der Waals surface area contributed by atoms with Gasteiger partial charge in [0.15, 0.2) is 0 Å². The van der Waals surface area contributed by atoms with Crippen LogP contribution in [-0.2, 0) is 4.79 Å². The SMILES string of the molecule is Nc1ccc2c(c1)/C(=C(/Nc1cccc(C(=O)O)c1)c1ccccc1)C(=O)N2. The first kappa shape index (κ1) is 17.4. The third-order valence-corrected chi connectivity index (χ3v) is 4.48. The molecule has 0 spiro atoms. The molecule has 0 fully saturated rings. The minimum Gasteiger partial charge on any atom is -0.478 e. The third-order valence-electron chi connectivity index (χ3n) is 4.48. The van der Waals surface area contributed by atoms with Crippen molar-refractivity contribution in [1.82, 2.24) is 0 Å². The smallest absolute Gasteiger partial charge is 0.335 e. The Hall–Kier alpha value is -4.06. The Morgan fingerprint density at radius 3 is 2.43 bits per heavy atom. The van der Waals surface area contributed by atoms with Gasteiger partial charge in [-0.15, -0.1) is 0 Å². The van der Waals surface area contributed by atoms with Crippen LogP contribution in [0.25, 0.3) is 11.3 Å². The lowest BCUT2D eigenvalue weighted by Gasteiger charge is -2.15. The van der Waals surface area contributed by atoms with Crippen molar-refractivity contribution in [2.24, 2.45) is 0 Å². The van der Waals surface area contributed by atoms with Crippen molar-refractivity contribution in [2.45, 2.75) is 0 Å². The average molecular weight is 371 g/mol. The van der Waals surface area contributed by atoms with E-state index in [2.05, 4.69) is 10.6 Å². The van der Waals surface area contributed by atoms with Crippen LogP contribution in [0.4, 0.5) is 17.1 Å². The van der Waals surface area contributed by atoms with E-state index in [1.165, 1.54) is 12.1 Å². The van der Waals surface area contributed by atoms with Gasteiger partial charge in [0.1, 0.15) is 0 Å². The lowest BCUT2D eigenvalue weighted by molar-refractivity contribution is -0.110. The number of amides is 1. The topological polar surface area (TPSA) is 104 Å². The molecule has 0 aromatic heterocycles. The summed E-state index contributed by atoms with van der Waals surface area (Å²) in [5, 5.41) is 15.3. The highest BCUT2D eigenvalue weighted by Gasteiger charge is 2.28. The maximum absolute atomic E-state index is 12.8. The number of benzene rings is 3. The zero-order chi connectivity index (χ0) is 19.7. The number of hydrogen-bond donors (Lipinski definition) is 4. The van der Waals surface area contributed by atoms with E-state index in [9.17, 15) is 14.7 Å². The molecule has 1 amide bonds. The van der Waals surface area contributed by atoms with Crippen LogP contribution in [-0.4, -0.2) is 17.0 Å². The van der Waals surface area contributed by atoms with Crippen molar-refractivity contribution in [3.63, 3.8) is 0 Å². The summed E-state index contributed by atoms with van der Waals surface area (Å²) in [5.41, 5.74) is 10.4. The van der Waals surface area contributed by atoms with Gasteiger partial charge in [0, 0.05) is 22.6 Å². The summed E-state index contributed by atoms with van der Waals surface area (Å²) < 4.78 is 0. The van der Waals surface area contributed by atoms with Crippen molar-refractivity contribution in [1.29, 1.82) is 0 Å². The van der Waals surface area contributed by atoms with Gasteiger partial charge in [0.25, 0.3) is 5.91 Å². The predicted molar refractivity (Wildman–Crippen MR) is 110 cm³/mol. The summed E-state index contributed by atoms with van der Waals surface area (Å²) in [6, 6.07) is 21.1. The summed E-state index contributed by atoms with van der Waals surface area (Å²) >= 11 is 0. The van der Waals surface area contributed by atoms with Gasteiger partial charge in [0.2, 0.25) is 0 Å². The lowest BCUT2D eigenvalue weighted by atomic mass is 9.99. The fourth-order valence-corrected chi connectivity index (χ4v) is 3.19. The molecule has 28 heavy (non-hydrogen) atoms. The number of fused-ring (bicyclic) bond motifs is 1. The Morgan fingerprint density at radius 2 is 1.68 bits per heavy atom. The normalized spacial score (nSPS) is 14.2. The van der Waals surface area contributed by atoms with Gasteiger partial charge >= 0.3 is 5.97 Å². The van der Waals surface area contributed by atoms with Crippen LogP contribution >= 0.6 is 0 Å². The van der Waals surface area contributed by atoms with E-state index in [4.69, 9.17) is 5.73 Å². The van der Waals surface area contributed by atoms with Crippen LogP contribution < -0.4 is 16.4 Å². The van der Waals surface area contributed by atoms with Gasteiger partial charge in [0.05, 0.1) is 16.8 Å². The van der Waals surface area contributed by atoms with Crippen LogP contribution in [0.3, 0.4) is 0 Å².